The average molecular weight is 333 g/mol. The van der Waals surface area contributed by atoms with Crippen molar-refractivity contribution in [2.75, 3.05) is 25.2 Å². The van der Waals surface area contributed by atoms with Gasteiger partial charge in [-0.1, -0.05) is 23.7 Å². The smallest absolute Gasteiger partial charge is 0.177 e. The van der Waals surface area contributed by atoms with E-state index in [2.05, 4.69) is 10.1 Å². The fourth-order valence-electron chi connectivity index (χ4n) is 2.46. The standard InChI is InChI=1S/C16H17ClN4O2/c1-23-13-4-2-12(3-5-13)11-20(8-9-22)14-10-15(17)19-21-7-6-18-16(14)21/h2-7,10,22H,8-9,11H2,1H3. The Bertz CT molecular complexity index is 788. The van der Waals surface area contributed by atoms with Crippen molar-refractivity contribution in [3.63, 3.8) is 0 Å². The lowest BCUT2D eigenvalue weighted by molar-refractivity contribution is 0.301. The van der Waals surface area contributed by atoms with Crippen molar-refractivity contribution >= 4 is 22.9 Å². The van der Waals surface area contributed by atoms with Crippen molar-refractivity contribution in [3.8, 4) is 5.75 Å². The number of anilines is 1. The highest BCUT2D eigenvalue weighted by atomic mass is 35.5. The van der Waals surface area contributed by atoms with E-state index in [9.17, 15) is 5.11 Å². The number of nitrogens with zero attached hydrogens (tertiary/aromatic N) is 4. The van der Waals surface area contributed by atoms with Crippen molar-refractivity contribution < 1.29 is 9.84 Å². The lowest BCUT2D eigenvalue weighted by atomic mass is 10.2. The highest BCUT2D eigenvalue weighted by Crippen LogP contribution is 2.25. The molecule has 0 fully saturated rings. The highest BCUT2D eigenvalue weighted by Gasteiger charge is 2.14. The molecule has 0 aliphatic carbocycles. The summed E-state index contributed by atoms with van der Waals surface area (Å²) in [5.41, 5.74) is 2.63. The summed E-state index contributed by atoms with van der Waals surface area (Å²) in [5.74, 6) is 0.810. The molecule has 1 aromatic carbocycles. The lowest BCUT2D eigenvalue weighted by Crippen LogP contribution is -2.27. The Labute approximate surface area is 138 Å². The summed E-state index contributed by atoms with van der Waals surface area (Å²) in [5, 5.41) is 14.0. The van der Waals surface area contributed by atoms with Gasteiger partial charge in [0.1, 0.15) is 5.75 Å². The lowest BCUT2D eigenvalue weighted by Gasteiger charge is -2.24. The molecule has 2 heterocycles. The second kappa shape index (κ2) is 6.85. The Hall–Kier alpha value is -2.31. The normalized spacial score (nSPS) is 10.9. The summed E-state index contributed by atoms with van der Waals surface area (Å²) in [6.45, 7) is 1.12. The van der Waals surface area contributed by atoms with Crippen molar-refractivity contribution in [1.82, 2.24) is 14.6 Å². The molecule has 2 aromatic heterocycles. The number of imidazole rings is 1. The van der Waals surface area contributed by atoms with Crippen molar-refractivity contribution in [2.45, 2.75) is 6.54 Å². The van der Waals surface area contributed by atoms with Gasteiger partial charge in [0, 0.05) is 31.5 Å². The van der Waals surface area contributed by atoms with E-state index in [0.717, 1.165) is 17.0 Å². The number of hydrogen-bond donors (Lipinski definition) is 1. The van der Waals surface area contributed by atoms with Gasteiger partial charge in [-0.25, -0.2) is 9.50 Å². The van der Waals surface area contributed by atoms with Crippen LogP contribution in [0.25, 0.3) is 5.65 Å². The van der Waals surface area contributed by atoms with Gasteiger partial charge in [0.2, 0.25) is 0 Å². The molecule has 3 rings (SSSR count). The van der Waals surface area contributed by atoms with E-state index in [4.69, 9.17) is 16.3 Å². The molecule has 6 nitrogen and oxygen atoms in total. The van der Waals surface area contributed by atoms with Gasteiger partial charge >= 0.3 is 0 Å². The topological polar surface area (TPSA) is 62.9 Å². The zero-order valence-electron chi connectivity index (χ0n) is 12.7. The molecule has 0 amide bonds. The zero-order chi connectivity index (χ0) is 16.2. The molecular formula is C16H17ClN4O2. The molecule has 23 heavy (non-hydrogen) atoms. The monoisotopic (exact) mass is 332 g/mol. The largest absolute Gasteiger partial charge is 0.497 e. The second-order valence-electron chi connectivity index (χ2n) is 5.04. The van der Waals surface area contributed by atoms with Crippen LogP contribution in [-0.2, 0) is 6.54 Å². The second-order valence-corrected chi connectivity index (χ2v) is 5.43. The summed E-state index contributed by atoms with van der Waals surface area (Å²) in [4.78, 5) is 6.36. The van der Waals surface area contributed by atoms with Crippen LogP contribution in [0.1, 0.15) is 5.56 Å². The third kappa shape index (κ3) is 3.38. The van der Waals surface area contributed by atoms with E-state index in [1.54, 1.807) is 30.1 Å². The Kier molecular flexibility index (Phi) is 4.64. The molecular weight excluding hydrogens is 316 g/mol. The van der Waals surface area contributed by atoms with Crippen LogP contribution in [0, 0.1) is 0 Å². The molecule has 120 valence electrons. The van der Waals surface area contributed by atoms with Gasteiger partial charge in [0.25, 0.3) is 0 Å². The summed E-state index contributed by atoms with van der Waals surface area (Å²) >= 11 is 6.10. The first-order valence-electron chi connectivity index (χ1n) is 7.20. The molecule has 0 spiro atoms. The highest BCUT2D eigenvalue weighted by molar-refractivity contribution is 6.29. The quantitative estimate of drug-likeness (QED) is 0.751. The van der Waals surface area contributed by atoms with E-state index < -0.39 is 0 Å². The fraction of sp³-hybridized carbons (Fsp3) is 0.250. The number of aliphatic hydroxyl groups is 1. The number of methoxy groups -OCH3 is 1. The van der Waals surface area contributed by atoms with E-state index in [1.807, 2.05) is 29.2 Å². The minimum absolute atomic E-state index is 0.0307. The van der Waals surface area contributed by atoms with Gasteiger partial charge in [-0.2, -0.15) is 5.10 Å². The van der Waals surface area contributed by atoms with Gasteiger partial charge in [0.15, 0.2) is 10.8 Å². The number of rotatable bonds is 6. The molecule has 0 bridgehead atoms. The Morgan fingerprint density at radius 3 is 2.78 bits per heavy atom. The predicted octanol–water partition coefficient (Wildman–Crippen LogP) is 2.39. The first-order valence-corrected chi connectivity index (χ1v) is 7.57. The van der Waals surface area contributed by atoms with Crippen LogP contribution >= 0.6 is 11.6 Å². The molecule has 0 saturated carbocycles. The van der Waals surface area contributed by atoms with Crippen molar-refractivity contribution in [3.05, 3.63) is 53.4 Å². The SMILES string of the molecule is COc1ccc(CN(CCO)c2cc(Cl)nn3ccnc23)cc1. The first-order chi connectivity index (χ1) is 11.2. The minimum Gasteiger partial charge on any atom is -0.497 e. The summed E-state index contributed by atoms with van der Waals surface area (Å²) in [6, 6.07) is 9.58. The van der Waals surface area contributed by atoms with Gasteiger partial charge < -0.3 is 14.7 Å². The van der Waals surface area contributed by atoms with Crippen LogP contribution in [0.3, 0.4) is 0 Å². The molecule has 0 aliphatic rings. The molecule has 0 atom stereocenters. The Morgan fingerprint density at radius 2 is 2.09 bits per heavy atom. The van der Waals surface area contributed by atoms with Crippen LogP contribution in [0.15, 0.2) is 42.7 Å². The predicted molar refractivity (Wildman–Crippen MR) is 89.1 cm³/mol. The molecule has 1 N–H and O–H groups in total. The van der Waals surface area contributed by atoms with Crippen LogP contribution in [-0.4, -0.2) is 40.0 Å². The fourth-order valence-corrected chi connectivity index (χ4v) is 2.64. The van der Waals surface area contributed by atoms with Crippen LogP contribution in [0.4, 0.5) is 5.69 Å². The number of hydrogen-bond acceptors (Lipinski definition) is 5. The van der Waals surface area contributed by atoms with E-state index in [1.165, 1.54) is 0 Å². The molecule has 0 aliphatic heterocycles. The maximum absolute atomic E-state index is 9.41. The van der Waals surface area contributed by atoms with Crippen molar-refractivity contribution in [1.29, 1.82) is 0 Å². The maximum Gasteiger partial charge on any atom is 0.177 e. The number of aliphatic hydroxyl groups excluding tert-OH is 1. The van der Waals surface area contributed by atoms with Crippen molar-refractivity contribution in [2.24, 2.45) is 0 Å². The molecule has 0 saturated heterocycles. The third-order valence-corrected chi connectivity index (χ3v) is 3.74. The molecule has 7 heteroatoms. The molecule has 0 radical (unpaired) electrons. The summed E-state index contributed by atoms with van der Waals surface area (Å²) < 4.78 is 6.81. The van der Waals surface area contributed by atoms with Crippen LogP contribution < -0.4 is 9.64 Å². The first kappa shape index (κ1) is 15.6. The van der Waals surface area contributed by atoms with Crippen LogP contribution in [0.2, 0.25) is 5.15 Å². The Balaban J connectivity index is 1.94. The molecule has 3 aromatic rings. The minimum atomic E-state index is 0.0307. The Morgan fingerprint density at radius 1 is 1.30 bits per heavy atom. The summed E-state index contributed by atoms with van der Waals surface area (Å²) in [7, 11) is 1.64. The number of fused-ring (bicyclic) bond motifs is 1. The zero-order valence-corrected chi connectivity index (χ0v) is 13.4. The number of benzene rings is 1. The number of aromatic nitrogens is 3. The van der Waals surface area contributed by atoms with Gasteiger partial charge in [-0.05, 0) is 17.7 Å². The van der Waals surface area contributed by atoms with Gasteiger partial charge in [0.05, 0.1) is 19.4 Å². The van der Waals surface area contributed by atoms with Crippen LogP contribution in [0.5, 0.6) is 5.75 Å². The third-order valence-electron chi connectivity index (χ3n) is 3.55. The van der Waals surface area contributed by atoms with Gasteiger partial charge in [-0.3, -0.25) is 0 Å². The van der Waals surface area contributed by atoms with E-state index >= 15 is 0 Å². The van der Waals surface area contributed by atoms with Gasteiger partial charge in [-0.15, -0.1) is 0 Å². The average Bonchev–Trinajstić information content (AvgIpc) is 3.02. The van der Waals surface area contributed by atoms with E-state index in [0.29, 0.717) is 23.9 Å². The maximum atomic E-state index is 9.41. The number of halogens is 1. The van der Waals surface area contributed by atoms with E-state index in [-0.39, 0.29) is 6.61 Å². The number of ether oxygens (including phenoxy) is 1. The summed E-state index contributed by atoms with van der Waals surface area (Å²) in [6.07, 6.45) is 3.42. The molecule has 0 unspecified atom stereocenters.